The minimum atomic E-state index is -0.981. The van der Waals surface area contributed by atoms with Gasteiger partial charge in [-0.25, -0.2) is 4.79 Å². The number of benzene rings is 1. The van der Waals surface area contributed by atoms with Crippen molar-refractivity contribution < 1.29 is 14.7 Å². The van der Waals surface area contributed by atoms with Crippen molar-refractivity contribution >= 4 is 11.9 Å². The van der Waals surface area contributed by atoms with Crippen LogP contribution in [0.5, 0.6) is 0 Å². The molecule has 2 atom stereocenters. The first-order valence-corrected chi connectivity index (χ1v) is 6.11. The van der Waals surface area contributed by atoms with Crippen LogP contribution in [0.2, 0.25) is 0 Å². The molecular formula is C14H17NO3. The van der Waals surface area contributed by atoms with Crippen LogP contribution in [0.4, 0.5) is 0 Å². The number of rotatable bonds is 4. The topological polar surface area (TPSA) is 66.4 Å². The van der Waals surface area contributed by atoms with Crippen LogP contribution in [0, 0.1) is 5.92 Å². The summed E-state index contributed by atoms with van der Waals surface area (Å²) in [6.45, 7) is 3.57. The van der Waals surface area contributed by atoms with Gasteiger partial charge in [-0.15, -0.1) is 0 Å². The van der Waals surface area contributed by atoms with Gasteiger partial charge in [0.15, 0.2) is 0 Å². The largest absolute Gasteiger partial charge is 0.480 e. The molecule has 4 nitrogen and oxygen atoms in total. The van der Waals surface area contributed by atoms with Crippen molar-refractivity contribution in [3.63, 3.8) is 0 Å². The van der Waals surface area contributed by atoms with E-state index in [2.05, 4.69) is 5.32 Å². The summed E-state index contributed by atoms with van der Waals surface area (Å²) < 4.78 is 0. The van der Waals surface area contributed by atoms with Gasteiger partial charge in [0.2, 0.25) is 5.91 Å². The number of amides is 1. The van der Waals surface area contributed by atoms with Crippen LogP contribution in [0.3, 0.4) is 0 Å². The number of carboxylic acids is 1. The third-order valence-electron chi connectivity index (χ3n) is 3.40. The average Bonchev–Trinajstić information content (AvgIpc) is 2.26. The number of carbonyl (C=O) groups excluding carboxylic acids is 1. The monoisotopic (exact) mass is 247 g/mol. The summed E-state index contributed by atoms with van der Waals surface area (Å²) in [5, 5.41) is 11.7. The lowest BCUT2D eigenvalue weighted by atomic mass is 9.77. The molecule has 0 bridgehead atoms. The lowest BCUT2D eigenvalue weighted by molar-refractivity contribution is -0.143. The van der Waals surface area contributed by atoms with Crippen LogP contribution >= 0.6 is 0 Å². The van der Waals surface area contributed by atoms with Crippen LogP contribution in [0.15, 0.2) is 24.3 Å². The SMILES string of the molecule is CC(C)[C@@H](NC(=O)C1Cc2ccccc21)C(=O)O. The Labute approximate surface area is 106 Å². The predicted molar refractivity (Wildman–Crippen MR) is 67.3 cm³/mol. The molecule has 1 aliphatic carbocycles. The molecule has 0 fully saturated rings. The predicted octanol–water partition coefficient (Wildman–Crippen LogP) is 1.55. The highest BCUT2D eigenvalue weighted by molar-refractivity contribution is 5.90. The maximum absolute atomic E-state index is 12.0. The number of carbonyl (C=O) groups is 2. The Balaban J connectivity index is 2.04. The quantitative estimate of drug-likeness (QED) is 0.848. The van der Waals surface area contributed by atoms with Crippen LogP contribution in [-0.4, -0.2) is 23.0 Å². The van der Waals surface area contributed by atoms with Gasteiger partial charge in [0, 0.05) is 0 Å². The lowest BCUT2D eigenvalue weighted by Crippen LogP contribution is -2.47. The average molecular weight is 247 g/mol. The van der Waals surface area contributed by atoms with Crippen molar-refractivity contribution in [2.75, 3.05) is 0 Å². The number of fused-ring (bicyclic) bond motifs is 1. The molecule has 2 N–H and O–H groups in total. The Bertz CT molecular complexity index is 482. The Hall–Kier alpha value is -1.84. The van der Waals surface area contributed by atoms with Gasteiger partial charge in [0.1, 0.15) is 6.04 Å². The molecule has 0 radical (unpaired) electrons. The number of nitrogens with one attached hydrogen (secondary N) is 1. The molecule has 1 amide bonds. The third-order valence-corrected chi connectivity index (χ3v) is 3.40. The summed E-state index contributed by atoms with van der Waals surface area (Å²) in [7, 11) is 0. The smallest absolute Gasteiger partial charge is 0.326 e. The van der Waals surface area contributed by atoms with Crippen LogP contribution in [0.1, 0.15) is 30.9 Å². The van der Waals surface area contributed by atoms with E-state index >= 15 is 0 Å². The fourth-order valence-corrected chi connectivity index (χ4v) is 2.26. The van der Waals surface area contributed by atoms with Crippen molar-refractivity contribution in [3.05, 3.63) is 35.4 Å². The van der Waals surface area contributed by atoms with Crippen molar-refractivity contribution in [2.24, 2.45) is 5.92 Å². The molecule has 0 aliphatic heterocycles. The zero-order valence-electron chi connectivity index (χ0n) is 10.5. The van der Waals surface area contributed by atoms with E-state index in [1.165, 1.54) is 5.56 Å². The molecule has 18 heavy (non-hydrogen) atoms. The third kappa shape index (κ3) is 2.23. The molecule has 0 aromatic heterocycles. The first-order chi connectivity index (χ1) is 8.50. The maximum atomic E-state index is 12.0. The van der Waals surface area contributed by atoms with Gasteiger partial charge in [-0.1, -0.05) is 38.1 Å². The van der Waals surface area contributed by atoms with Crippen LogP contribution < -0.4 is 5.32 Å². The zero-order chi connectivity index (χ0) is 13.3. The maximum Gasteiger partial charge on any atom is 0.326 e. The Morgan fingerprint density at radius 1 is 1.33 bits per heavy atom. The van der Waals surface area contributed by atoms with Gasteiger partial charge in [0.25, 0.3) is 0 Å². The highest BCUT2D eigenvalue weighted by Gasteiger charge is 2.34. The fourth-order valence-electron chi connectivity index (χ4n) is 2.26. The minimum Gasteiger partial charge on any atom is -0.480 e. The summed E-state index contributed by atoms with van der Waals surface area (Å²) in [6.07, 6.45) is 0.701. The van der Waals surface area contributed by atoms with Crippen LogP contribution in [0.25, 0.3) is 0 Å². The van der Waals surface area contributed by atoms with E-state index in [0.29, 0.717) is 6.42 Å². The van der Waals surface area contributed by atoms with Gasteiger partial charge >= 0.3 is 5.97 Å². The normalized spacial score (nSPS) is 18.7. The standard InChI is InChI=1S/C14H17NO3/c1-8(2)12(14(17)18)15-13(16)11-7-9-5-3-4-6-10(9)11/h3-6,8,11-12H,7H2,1-2H3,(H,15,16)(H,17,18)/t11?,12-/m1/s1. The molecule has 0 spiro atoms. The highest BCUT2D eigenvalue weighted by Crippen LogP contribution is 2.34. The first kappa shape index (κ1) is 12.6. The molecule has 96 valence electrons. The molecule has 0 saturated carbocycles. The van der Waals surface area contributed by atoms with E-state index in [4.69, 9.17) is 5.11 Å². The van der Waals surface area contributed by atoms with Crippen molar-refractivity contribution in [1.29, 1.82) is 0 Å². The summed E-state index contributed by atoms with van der Waals surface area (Å²) in [5.74, 6) is -1.48. The van der Waals surface area contributed by atoms with Gasteiger partial charge in [0.05, 0.1) is 5.92 Å². The van der Waals surface area contributed by atoms with E-state index in [1.54, 1.807) is 13.8 Å². The van der Waals surface area contributed by atoms with Gasteiger partial charge in [-0.3, -0.25) is 4.79 Å². The number of hydrogen-bond acceptors (Lipinski definition) is 2. The molecule has 4 heteroatoms. The van der Waals surface area contributed by atoms with E-state index in [0.717, 1.165) is 5.56 Å². The summed E-state index contributed by atoms with van der Waals surface area (Å²) >= 11 is 0. The first-order valence-electron chi connectivity index (χ1n) is 6.11. The van der Waals surface area contributed by atoms with Crippen LogP contribution in [-0.2, 0) is 16.0 Å². The Morgan fingerprint density at radius 3 is 2.56 bits per heavy atom. The molecule has 1 aromatic rings. The number of aliphatic carboxylic acids is 1. The molecule has 0 heterocycles. The second-order valence-corrected chi connectivity index (χ2v) is 5.02. The number of carboxylic acid groups (broad SMARTS) is 1. The van der Waals surface area contributed by atoms with E-state index in [9.17, 15) is 9.59 Å². The molecule has 1 aliphatic rings. The summed E-state index contributed by atoms with van der Waals surface area (Å²) in [5.41, 5.74) is 2.19. The molecule has 1 aromatic carbocycles. The van der Waals surface area contributed by atoms with Crippen molar-refractivity contribution in [3.8, 4) is 0 Å². The van der Waals surface area contributed by atoms with E-state index in [1.807, 2.05) is 24.3 Å². The Kier molecular flexibility index (Phi) is 3.36. The highest BCUT2D eigenvalue weighted by atomic mass is 16.4. The minimum absolute atomic E-state index is 0.123. The van der Waals surface area contributed by atoms with E-state index in [-0.39, 0.29) is 17.7 Å². The second kappa shape index (κ2) is 4.80. The fraction of sp³-hybridized carbons (Fsp3) is 0.429. The van der Waals surface area contributed by atoms with E-state index < -0.39 is 12.0 Å². The van der Waals surface area contributed by atoms with Gasteiger partial charge in [-0.2, -0.15) is 0 Å². The summed E-state index contributed by atoms with van der Waals surface area (Å²) in [6, 6.07) is 6.95. The van der Waals surface area contributed by atoms with Gasteiger partial charge < -0.3 is 10.4 Å². The van der Waals surface area contributed by atoms with Gasteiger partial charge in [-0.05, 0) is 23.5 Å². The lowest BCUT2D eigenvalue weighted by Gasteiger charge is -2.30. The Morgan fingerprint density at radius 2 is 2.00 bits per heavy atom. The molecule has 2 rings (SSSR count). The van der Waals surface area contributed by atoms with Crippen molar-refractivity contribution in [1.82, 2.24) is 5.32 Å². The zero-order valence-corrected chi connectivity index (χ0v) is 10.5. The van der Waals surface area contributed by atoms with Crippen molar-refractivity contribution in [2.45, 2.75) is 32.2 Å². The molecular weight excluding hydrogens is 230 g/mol. The summed E-state index contributed by atoms with van der Waals surface area (Å²) in [4.78, 5) is 23.1. The molecule has 1 unspecified atom stereocenters. The number of hydrogen-bond donors (Lipinski definition) is 2. The second-order valence-electron chi connectivity index (χ2n) is 5.02. The molecule has 0 saturated heterocycles.